The zero-order valence-electron chi connectivity index (χ0n) is 21.3. The van der Waals surface area contributed by atoms with Gasteiger partial charge in [0.05, 0.1) is 24.9 Å². The lowest BCUT2D eigenvalue weighted by atomic mass is 9.88. The third-order valence-corrected chi connectivity index (χ3v) is 6.22. The van der Waals surface area contributed by atoms with E-state index in [9.17, 15) is 26.3 Å². The number of alkyl halides is 6. The normalized spacial score (nSPS) is 18.7. The van der Waals surface area contributed by atoms with Gasteiger partial charge in [0.25, 0.3) is 0 Å². The molecule has 2 aromatic rings. The molecule has 4 rings (SSSR count). The van der Waals surface area contributed by atoms with E-state index in [0.717, 1.165) is 51.9 Å². The molecule has 1 atom stereocenters. The van der Waals surface area contributed by atoms with Crippen LogP contribution in [0, 0.1) is 0 Å². The third kappa shape index (κ3) is 11.9. The van der Waals surface area contributed by atoms with Crippen LogP contribution >= 0.6 is 0 Å². The van der Waals surface area contributed by atoms with Crippen molar-refractivity contribution in [2.45, 2.75) is 56.3 Å². The summed E-state index contributed by atoms with van der Waals surface area (Å²) in [5.41, 5.74) is 2.65. The molecule has 2 aliphatic heterocycles. The average molecular weight is 581 g/mol. The maximum atomic E-state index is 10.6. The number of likely N-dealkylation sites (tertiary alicyclic amines) is 1. The van der Waals surface area contributed by atoms with Crippen LogP contribution in [-0.2, 0) is 32.1 Å². The predicted octanol–water partition coefficient (Wildman–Crippen LogP) is 4.73. The average Bonchev–Trinajstić information content (AvgIpc) is 3.30. The van der Waals surface area contributed by atoms with Crippen LogP contribution in [0.2, 0.25) is 0 Å². The summed E-state index contributed by atoms with van der Waals surface area (Å²) < 4.78 is 75.8. The first kappa shape index (κ1) is 33.0. The lowest BCUT2D eigenvalue weighted by Gasteiger charge is -2.38. The number of carboxylic acid groups (broad SMARTS) is 2. The molecule has 0 amide bonds. The summed E-state index contributed by atoms with van der Waals surface area (Å²) in [4.78, 5) is 24.4. The minimum absolute atomic E-state index is 0.0478. The molecule has 0 bridgehead atoms. The molecule has 1 aromatic carbocycles. The number of nitrogens with zero attached hydrogens (tertiary/aromatic N) is 2. The molecule has 2 N–H and O–H groups in total. The third-order valence-electron chi connectivity index (χ3n) is 6.22. The van der Waals surface area contributed by atoms with E-state index in [1.54, 1.807) is 0 Å². The zero-order chi connectivity index (χ0) is 29.8. The van der Waals surface area contributed by atoms with Crippen molar-refractivity contribution in [3.63, 3.8) is 0 Å². The largest absolute Gasteiger partial charge is 0.490 e. The summed E-state index contributed by atoms with van der Waals surface area (Å²) >= 11 is 0. The van der Waals surface area contributed by atoms with Crippen molar-refractivity contribution < 1.29 is 55.6 Å². The molecule has 0 saturated carbocycles. The molecule has 1 aromatic heterocycles. The molecular weight excluding hydrogens is 550 g/mol. The topological polar surface area (TPSA) is 109 Å². The summed E-state index contributed by atoms with van der Waals surface area (Å²) in [7, 11) is 0. The van der Waals surface area contributed by atoms with E-state index in [-0.39, 0.29) is 11.7 Å². The molecule has 2 fully saturated rings. The van der Waals surface area contributed by atoms with Crippen molar-refractivity contribution in [1.82, 2.24) is 9.88 Å². The Kier molecular flexibility index (Phi) is 12.3. The summed E-state index contributed by atoms with van der Waals surface area (Å²) in [5.74, 6) is -5.51. The van der Waals surface area contributed by atoms with Gasteiger partial charge >= 0.3 is 24.3 Å². The van der Waals surface area contributed by atoms with Gasteiger partial charge in [0.2, 0.25) is 0 Å². The maximum absolute atomic E-state index is 10.6. The first-order chi connectivity index (χ1) is 18.7. The van der Waals surface area contributed by atoms with Crippen LogP contribution in [0.5, 0.6) is 0 Å². The predicted molar refractivity (Wildman–Crippen MR) is 129 cm³/mol. The van der Waals surface area contributed by atoms with Crippen molar-refractivity contribution in [1.29, 1.82) is 0 Å². The van der Waals surface area contributed by atoms with Crippen LogP contribution in [0.3, 0.4) is 0 Å². The van der Waals surface area contributed by atoms with E-state index in [1.165, 1.54) is 11.1 Å². The molecule has 1 unspecified atom stereocenters. The number of hydrogen-bond acceptors (Lipinski definition) is 6. The van der Waals surface area contributed by atoms with Crippen LogP contribution in [0.1, 0.15) is 30.4 Å². The highest BCUT2D eigenvalue weighted by molar-refractivity contribution is 5.73. The number of rotatable bonds is 6. The van der Waals surface area contributed by atoms with Gasteiger partial charge in [-0.05, 0) is 42.5 Å². The van der Waals surface area contributed by atoms with Crippen molar-refractivity contribution >= 4 is 11.9 Å². The Labute approximate surface area is 226 Å². The number of ether oxygens (including phenoxy) is 2. The Morgan fingerprint density at radius 1 is 0.925 bits per heavy atom. The fraction of sp³-hybridized carbons (Fsp3) is 0.500. The Hall–Kier alpha value is -3.23. The van der Waals surface area contributed by atoms with Gasteiger partial charge in [-0.1, -0.05) is 30.3 Å². The number of carboxylic acids is 2. The summed E-state index contributed by atoms with van der Waals surface area (Å²) in [6.45, 7) is 4.78. The van der Waals surface area contributed by atoms with Crippen molar-refractivity contribution in [3.05, 3.63) is 66.0 Å². The van der Waals surface area contributed by atoms with Gasteiger partial charge in [0.1, 0.15) is 0 Å². The second-order valence-electron chi connectivity index (χ2n) is 9.17. The molecule has 0 aliphatic carbocycles. The zero-order valence-corrected chi connectivity index (χ0v) is 21.3. The lowest BCUT2D eigenvalue weighted by molar-refractivity contribution is -0.193. The van der Waals surface area contributed by atoms with E-state index in [0.29, 0.717) is 6.61 Å². The molecule has 1 spiro atoms. The second-order valence-corrected chi connectivity index (χ2v) is 9.17. The van der Waals surface area contributed by atoms with Crippen LogP contribution in [0.25, 0.3) is 0 Å². The van der Waals surface area contributed by atoms with E-state index < -0.39 is 24.3 Å². The molecule has 2 saturated heterocycles. The van der Waals surface area contributed by atoms with Crippen LogP contribution in [0.4, 0.5) is 26.3 Å². The van der Waals surface area contributed by atoms with E-state index >= 15 is 0 Å². The van der Waals surface area contributed by atoms with Gasteiger partial charge < -0.3 is 24.6 Å². The fourth-order valence-corrected chi connectivity index (χ4v) is 4.07. The first-order valence-electron chi connectivity index (χ1n) is 12.2. The number of aliphatic carboxylic acids is 2. The molecule has 2 aliphatic rings. The molecule has 8 nitrogen and oxygen atoms in total. The molecule has 3 heterocycles. The Morgan fingerprint density at radius 3 is 1.95 bits per heavy atom. The van der Waals surface area contributed by atoms with Crippen LogP contribution in [-0.4, -0.2) is 82.3 Å². The van der Waals surface area contributed by atoms with Crippen LogP contribution in [0.15, 0.2) is 54.9 Å². The monoisotopic (exact) mass is 580 g/mol. The molecular formula is C26H30F6N2O6. The van der Waals surface area contributed by atoms with Gasteiger partial charge in [0, 0.05) is 38.4 Å². The number of carbonyl (C=O) groups is 2. The van der Waals surface area contributed by atoms with E-state index in [2.05, 4.69) is 40.2 Å². The van der Waals surface area contributed by atoms with Crippen LogP contribution < -0.4 is 0 Å². The van der Waals surface area contributed by atoms with Gasteiger partial charge in [-0.25, -0.2) is 9.59 Å². The lowest BCUT2D eigenvalue weighted by Crippen LogP contribution is -2.44. The number of hydrogen-bond donors (Lipinski definition) is 2. The van der Waals surface area contributed by atoms with Gasteiger partial charge in [-0.3, -0.25) is 4.98 Å². The summed E-state index contributed by atoms with van der Waals surface area (Å²) in [6, 6.07) is 14.8. The smallest absolute Gasteiger partial charge is 0.475 e. The minimum atomic E-state index is -5.08. The van der Waals surface area contributed by atoms with Gasteiger partial charge in [-0.2, -0.15) is 26.3 Å². The number of aromatic nitrogens is 1. The standard InChI is InChI=1S/C22H28N2O2.2C2HF3O2/c1-2-4-19(5-3-1)8-13-24-14-9-22(10-15-24)16-21(18-26-22)25-17-20-6-11-23-12-7-20;2*3-2(4,5)1(6)7/h1-7,11-12,21H,8-10,13-18H2;2*(H,6,7). The molecule has 14 heteroatoms. The fourth-order valence-electron chi connectivity index (χ4n) is 4.07. The second kappa shape index (κ2) is 15.0. The van der Waals surface area contributed by atoms with Gasteiger partial charge in [0.15, 0.2) is 0 Å². The Morgan fingerprint density at radius 2 is 1.45 bits per heavy atom. The van der Waals surface area contributed by atoms with Gasteiger partial charge in [-0.15, -0.1) is 0 Å². The number of halogens is 6. The highest BCUT2D eigenvalue weighted by atomic mass is 19.4. The number of benzene rings is 1. The SMILES string of the molecule is O=C(O)C(F)(F)F.O=C(O)C(F)(F)F.c1ccc(CCN2CCC3(CC2)CC(OCc2ccncc2)CO3)cc1. The maximum Gasteiger partial charge on any atom is 0.490 e. The quantitative estimate of drug-likeness (QED) is 0.473. The minimum Gasteiger partial charge on any atom is -0.475 e. The number of piperidine rings is 1. The van der Waals surface area contributed by atoms with E-state index in [4.69, 9.17) is 29.3 Å². The summed E-state index contributed by atoms with van der Waals surface area (Å²) in [5, 5.41) is 14.2. The molecule has 0 radical (unpaired) electrons. The van der Waals surface area contributed by atoms with E-state index in [1.807, 2.05) is 24.5 Å². The highest BCUT2D eigenvalue weighted by Gasteiger charge is 2.43. The van der Waals surface area contributed by atoms with Crippen molar-refractivity contribution in [2.24, 2.45) is 0 Å². The number of pyridine rings is 1. The highest BCUT2D eigenvalue weighted by Crippen LogP contribution is 2.37. The Bertz CT molecular complexity index is 1020. The van der Waals surface area contributed by atoms with Crippen molar-refractivity contribution in [2.75, 3.05) is 26.2 Å². The summed E-state index contributed by atoms with van der Waals surface area (Å²) in [6.07, 6.45) is -1.91. The molecule has 40 heavy (non-hydrogen) atoms. The molecule has 222 valence electrons. The first-order valence-corrected chi connectivity index (χ1v) is 12.2. The Balaban J connectivity index is 0.000000333. The van der Waals surface area contributed by atoms with Crippen molar-refractivity contribution in [3.8, 4) is 0 Å².